The van der Waals surface area contributed by atoms with Crippen molar-refractivity contribution in [1.82, 2.24) is 4.90 Å². The highest BCUT2D eigenvalue weighted by Gasteiger charge is 2.41. The van der Waals surface area contributed by atoms with E-state index in [2.05, 4.69) is 4.74 Å². The number of aromatic hydroxyl groups is 1. The maximum Gasteiger partial charge on any atom is 0.328 e. The number of hydrogen-bond donors (Lipinski definition) is 1. The van der Waals surface area contributed by atoms with Crippen molar-refractivity contribution in [2.24, 2.45) is 0 Å². The zero-order valence-corrected chi connectivity index (χ0v) is 14.3. The number of carbonyl (C=O) groups excluding carboxylic acids is 3. The van der Waals surface area contributed by atoms with Crippen LogP contribution in [0.15, 0.2) is 23.1 Å². The molecule has 2 amide bonds. The average Bonchev–Trinajstić information content (AvgIpc) is 2.83. The predicted molar refractivity (Wildman–Crippen MR) is 88.6 cm³/mol. The molecule has 0 bridgehead atoms. The van der Waals surface area contributed by atoms with Crippen molar-refractivity contribution in [3.8, 4) is 11.5 Å². The van der Waals surface area contributed by atoms with Crippen LogP contribution in [0.25, 0.3) is 6.08 Å². The van der Waals surface area contributed by atoms with Crippen molar-refractivity contribution < 1.29 is 29.0 Å². The number of phenols is 1. The summed E-state index contributed by atoms with van der Waals surface area (Å²) in [6.45, 7) is 3.59. The Hall–Kier alpha value is -2.48. The maximum absolute atomic E-state index is 12.4. The summed E-state index contributed by atoms with van der Waals surface area (Å²) >= 11 is 0.744. The Balaban J connectivity index is 2.29. The second-order valence-electron chi connectivity index (χ2n) is 4.91. The standard InChI is InChI=1S/C16H17NO6S/c1-4-23-12-7-10(5-6-11(12)18)8-13-14(19)17(16(21)24-13)9(2)15(20)22-3/h5-9,18H,4H2,1-3H3. The van der Waals surface area contributed by atoms with Gasteiger partial charge in [0.25, 0.3) is 11.1 Å². The Morgan fingerprint density at radius 1 is 1.42 bits per heavy atom. The molecule has 0 saturated carbocycles. The number of imide groups is 1. The molecule has 128 valence electrons. The van der Waals surface area contributed by atoms with Gasteiger partial charge in [0.15, 0.2) is 11.5 Å². The number of phenolic OH excluding ortho intramolecular Hbond substituents is 1. The van der Waals surface area contributed by atoms with Crippen LogP contribution in [0.2, 0.25) is 0 Å². The van der Waals surface area contributed by atoms with Crippen molar-refractivity contribution in [2.75, 3.05) is 13.7 Å². The molecule has 0 spiro atoms. The van der Waals surface area contributed by atoms with E-state index in [0.717, 1.165) is 16.7 Å². The zero-order valence-electron chi connectivity index (χ0n) is 13.4. The average molecular weight is 351 g/mol. The lowest BCUT2D eigenvalue weighted by Gasteiger charge is -2.18. The molecule has 24 heavy (non-hydrogen) atoms. The molecule has 0 aromatic heterocycles. The van der Waals surface area contributed by atoms with Gasteiger partial charge in [0.2, 0.25) is 0 Å². The normalized spacial score (nSPS) is 17.3. The third-order valence-electron chi connectivity index (χ3n) is 3.33. The third kappa shape index (κ3) is 3.53. The summed E-state index contributed by atoms with van der Waals surface area (Å²) in [4.78, 5) is 37.0. The SMILES string of the molecule is CCOc1cc(C=C2SC(=O)N(C(C)C(=O)OC)C2=O)ccc1O. The third-order valence-corrected chi connectivity index (χ3v) is 4.22. The monoisotopic (exact) mass is 351 g/mol. The molecular formula is C16H17NO6S. The van der Waals surface area contributed by atoms with Crippen molar-refractivity contribution in [2.45, 2.75) is 19.9 Å². The van der Waals surface area contributed by atoms with E-state index in [-0.39, 0.29) is 16.4 Å². The minimum absolute atomic E-state index is 0.0126. The summed E-state index contributed by atoms with van der Waals surface area (Å²) < 4.78 is 9.86. The van der Waals surface area contributed by atoms with Crippen LogP contribution in [0.5, 0.6) is 11.5 Å². The maximum atomic E-state index is 12.4. The van der Waals surface area contributed by atoms with Gasteiger partial charge >= 0.3 is 5.97 Å². The topological polar surface area (TPSA) is 93.1 Å². The molecule has 1 atom stereocenters. The number of thioether (sulfide) groups is 1. The lowest BCUT2D eigenvalue weighted by molar-refractivity contribution is -0.148. The number of nitrogens with zero attached hydrogens (tertiary/aromatic N) is 1. The fraction of sp³-hybridized carbons (Fsp3) is 0.312. The molecular weight excluding hydrogens is 334 g/mol. The number of rotatable bonds is 5. The number of methoxy groups -OCH3 is 1. The Bertz CT molecular complexity index is 715. The van der Waals surface area contributed by atoms with Gasteiger partial charge in [-0.15, -0.1) is 0 Å². The summed E-state index contributed by atoms with van der Waals surface area (Å²) in [5, 5.41) is 9.16. The van der Waals surface area contributed by atoms with Gasteiger partial charge < -0.3 is 14.6 Å². The van der Waals surface area contributed by atoms with Gasteiger partial charge in [0.05, 0.1) is 18.6 Å². The highest BCUT2D eigenvalue weighted by molar-refractivity contribution is 8.18. The van der Waals surface area contributed by atoms with Gasteiger partial charge in [0, 0.05) is 0 Å². The van der Waals surface area contributed by atoms with E-state index in [0.29, 0.717) is 12.2 Å². The number of benzene rings is 1. The van der Waals surface area contributed by atoms with Gasteiger partial charge in [-0.05, 0) is 49.4 Å². The highest BCUT2D eigenvalue weighted by atomic mass is 32.2. The molecule has 1 saturated heterocycles. The second-order valence-corrected chi connectivity index (χ2v) is 5.90. The largest absolute Gasteiger partial charge is 0.504 e. The molecule has 1 unspecified atom stereocenters. The molecule has 1 heterocycles. The molecule has 7 nitrogen and oxygen atoms in total. The first-order valence-corrected chi connectivity index (χ1v) is 8.01. The van der Waals surface area contributed by atoms with Crippen LogP contribution < -0.4 is 4.74 Å². The van der Waals surface area contributed by atoms with Crippen LogP contribution in [0.3, 0.4) is 0 Å². The molecule has 1 aliphatic rings. The Labute approximate surface area is 143 Å². The van der Waals surface area contributed by atoms with Crippen molar-refractivity contribution >= 4 is 35.0 Å². The smallest absolute Gasteiger partial charge is 0.328 e. The van der Waals surface area contributed by atoms with Gasteiger partial charge in [-0.3, -0.25) is 14.5 Å². The molecule has 8 heteroatoms. The fourth-order valence-electron chi connectivity index (χ4n) is 2.13. The quantitative estimate of drug-likeness (QED) is 0.643. The van der Waals surface area contributed by atoms with Gasteiger partial charge in [0.1, 0.15) is 6.04 Å². The molecule has 1 aromatic rings. The first-order valence-electron chi connectivity index (χ1n) is 7.19. The van der Waals surface area contributed by atoms with Crippen LogP contribution in [0, 0.1) is 0 Å². The molecule has 0 aliphatic carbocycles. The highest BCUT2D eigenvalue weighted by Crippen LogP contribution is 2.35. The molecule has 1 fully saturated rings. The van der Waals surface area contributed by atoms with Crippen molar-refractivity contribution in [3.63, 3.8) is 0 Å². The van der Waals surface area contributed by atoms with Crippen molar-refractivity contribution in [3.05, 3.63) is 28.7 Å². The Morgan fingerprint density at radius 3 is 2.75 bits per heavy atom. The molecule has 1 aromatic carbocycles. The van der Waals surface area contributed by atoms with E-state index in [4.69, 9.17) is 4.74 Å². The number of ether oxygens (including phenoxy) is 2. The van der Waals surface area contributed by atoms with Gasteiger partial charge in [-0.25, -0.2) is 4.79 Å². The number of hydrogen-bond acceptors (Lipinski definition) is 7. The van der Waals surface area contributed by atoms with Gasteiger partial charge in [-0.2, -0.15) is 0 Å². The minimum atomic E-state index is -0.993. The first kappa shape index (κ1) is 17.9. The van der Waals surface area contributed by atoms with E-state index in [1.54, 1.807) is 19.1 Å². The zero-order chi connectivity index (χ0) is 17.9. The molecule has 1 aliphatic heterocycles. The minimum Gasteiger partial charge on any atom is -0.504 e. The van der Waals surface area contributed by atoms with E-state index < -0.39 is 23.2 Å². The van der Waals surface area contributed by atoms with E-state index in [9.17, 15) is 19.5 Å². The van der Waals surface area contributed by atoms with E-state index in [1.165, 1.54) is 26.2 Å². The summed E-state index contributed by atoms with van der Waals surface area (Å²) in [7, 11) is 1.19. The number of amides is 2. The summed E-state index contributed by atoms with van der Waals surface area (Å²) in [5.41, 5.74) is 0.590. The Kier molecular flexibility index (Phi) is 5.50. The van der Waals surface area contributed by atoms with Crippen LogP contribution in [-0.2, 0) is 14.3 Å². The summed E-state index contributed by atoms with van der Waals surface area (Å²) in [5.74, 6) is -0.953. The van der Waals surface area contributed by atoms with E-state index >= 15 is 0 Å². The lowest BCUT2D eigenvalue weighted by Crippen LogP contribution is -2.42. The Morgan fingerprint density at radius 2 is 2.12 bits per heavy atom. The van der Waals surface area contributed by atoms with Crippen LogP contribution in [-0.4, -0.2) is 46.9 Å². The van der Waals surface area contributed by atoms with Crippen LogP contribution in [0.1, 0.15) is 19.4 Å². The van der Waals surface area contributed by atoms with Crippen LogP contribution >= 0.6 is 11.8 Å². The number of esters is 1. The van der Waals surface area contributed by atoms with Crippen molar-refractivity contribution in [1.29, 1.82) is 0 Å². The molecule has 1 N–H and O–H groups in total. The summed E-state index contributed by atoms with van der Waals surface area (Å²) in [6.07, 6.45) is 1.51. The first-order chi connectivity index (χ1) is 11.4. The fourth-order valence-corrected chi connectivity index (χ4v) is 3.04. The van der Waals surface area contributed by atoms with Gasteiger partial charge in [-0.1, -0.05) is 6.07 Å². The van der Waals surface area contributed by atoms with Crippen LogP contribution in [0.4, 0.5) is 4.79 Å². The van der Waals surface area contributed by atoms with E-state index in [1.807, 2.05) is 0 Å². The molecule has 2 rings (SSSR count). The molecule has 0 radical (unpaired) electrons. The lowest BCUT2D eigenvalue weighted by atomic mass is 10.1. The summed E-state index contributed by atoms with van der Waals surface area (Å²) in [6, 6.07) is 3.61. The second kappa shape index (κ2) is 7.39. The number of carbonyl (C=O) groups is 3. The predicted octanol–water partition coefficient (Wildman–Crippen LogP) is 2.39.